The molecule has 17 heavy (non-hydrogen) atoms. The Morgan fingerprint density at radius 3 is 2.41 bits per heavy atom. The molecule has 1 aromatic carbocycles. The largest absolute Gasteiger partial charge is 0.489 e. The fraction of sp³-hybridized carbons (Fsp3) is 0.143. The summed E-state index contributed by atoms with van der Waals surface area (Å²) in [5.41, 5.74) is 1.08. The van der Waals surface area contributed by atoms with Gasteiger partial charge in [0.15, 0.2) is 0 Å². The Labute approximate surface area is 112 Å². The van der Waals surface area contributed by atoms with Gasteiger partial charge in [-0.1, -0.05) is 60.1 Å². The molecule has 0 saturated heterocycles. The minimum Gasteiger partial charge on any atom is -0.489 e. The predicted molar refractivity (Wildman–Crippen MR) is 73.9 cm³/mol. The predicted octanol–water partition coefficient (Wildman–Crippen LogP) is 4.98. The van der Waals surface area contributed by atoms with Crippen LogP contribution in [0.25, 0.3) is 0 Å². The van der Waals surface area contributed by atoms with E-state index in [2.05, 4.69) is 6.58 Å². The molecular weight excluding hydrogens is 255 g/mol. The van der Waals surface area contributed by atoms with Crippen LogP contribution < -0.4 is 0 Å². The Kier molecular flexibility index (Phi) is 5.88. The molecule has 3 heteroatoms. The van der Waals surface area contributed by atoms with Crippen molar-refractivity contribution in [2.75, 3.05) is 0 Å². The van der Waals surface area contributed by atoms with Crippen LogP contribution in [0.5, 0.6) is 0 Å². The number of benzene rings is 1. The van der Waals surface area contributed by atoms with Crippen LogP contribution in [0.4, 0.5) is 0 Å². The van der Waals surface area contributed by atoms with E-state index in [1.807, 2.05) is 30.3 Å². The summed E-state index contributed by atoms with van der Waals surface area (Å²) in [5, 5.41) is 1.03. The molecule has 90 valence electrons. The third kappa shape index (κ3) is 6.20. The average molecular weight is 269 g/mol. The standard InChI is InChI=1S/C14H14Cl2O/c1-11(15)8-14(9-12(2)16)17-10-13-6-4-3-5-7-13/h3-9H,1,10H2,2H3/b12-9?,14-8+. The van der Waals surface area contributed by atoms with Crippen LogP contribution in [-0.2, 0) is 11.3 Å². The zero-order valence-electron chi connectivity index (χ0n) is 9.62. The van der Waals surface area contributed by atoms with E-state index < -0.39 is 0 Å². The van der Waals surface area contributed by atoms with Crippen molar-refractivity contribution in [2.45, 2.75) is 13.5 Å². The lowest BCUT2D eigenvalue weighted by Crippen LogP contribution is -1.92. The van der Waals surface area contributed by atoms with Crippen LogP contribution in [0.15, 0.2) is 64.9 Å². The SMILES string of the molecule is C=C(Cl)/C=C(\C=C(C)Cl)OCc1ccccc1. The topological polar surface area (TPSA) is 9.23 Å². The average Bonchev–Trinajstić information content (AvgIpc) is 2.26. The lowest BCUT2D eigenvalue weighted by atomic mass is 10.2. The molecule has 0 aromatic heterocycles. The molecule has 0 aliphatic carbocycles. The van der Waals surface area contributed by atoms with E-state index in [0.29, 0.717) is 22.4 Å². The second-order valence-electron chi connectivity index (χ2n) is 3.50. The van der Waals surface area contributed by atoms with Crippen molar-refractivity contribution in [3.05, 3.63) is 70.5 Å². The van der Waals surface area contributed by atoms with Gasteiger partial charge >= 0.3 is 0 Å². The molecule has 1 aromatic rings. The highest BCUT2D eigenvalue weighted by molar-refractivity contribution is 6.31. The molecule has 0 aliphatic heterocycles. The van der Waals surface area contributed by atoms with Crippen LogP contribution in [-0.4, -0.2) is 0 Å². The molecule has 0 N–H and O–H groups in total. The molecular formula is C14H14Cl2O. The summed E-state index contributed by atoms with van der Waals surface area (Å²) < 4.78 is 5.60. The third-order valence-corrected chi connectivity index (χ3v) is 2.11. The van der Waals surface area contributed by atoms with E-state index in [4.69, 9.17) is 27.9 Å². The lowest BCUT2D eigenvalue weighted by Gasteiger charge is -2.07. The first-order chi connectivity index (χ1) is 8.08. The van der Waals surface area contributed by atoms with Crippen molar-refractivity contribution < 1.29 is 4.74 Å². The van der Waals surface area contributed by atoms with Gasteiger partial charge in [-0.05, 0) is 24.6 Å². The first kappa shape index (κ1) is 13.9. The van der Waals surface area contributed by atoms with Crippen molar-refractivity contribution in [3.8, 4) is 0 Å². The first-order valence-electron chi connectivity index (χ1n) is 5.14. The van der Waals surface area contributed by atoms with E-state index in [0.717, 1.165) is 5.56 Å². The Bertz CT molecular complexity index is 429. The summed E-state index contributed by atoms with van der Waals surface area (Å²) in [7, 11) is 0. The zero-order chi connectivity index (χ0) is 12.7. The van der Waals surface area contributed by atoms with Crippen molar-refractivity contribution in [1.82, 2.24) is 0 Å². The molecule has 0 unspecified atom stereocenters. The van der Waals surface area contributed by atoms with Gasteiger partial charge < -0.3 is 4.74 Å². The number of hydrogen-bond acceptors (Lipinski definition) is 1. The van der Waals surface area contributed by atoms with E-state index in [-0.39, 0.29) is 0 Å². The zero-order valence-corrected chi connectivity index (χ0v) is 11.1. The molecule has 0 fully saturated rings. The molecule has 0 heterocycles. The fourth-order valence-electron chi connectivity index (χ4n) is 1.22. The molecule has 0 saturated carbocycles. The summed E-state index contributed by atoms with van der Waals surface area (Å²) in [6, 6.07) is 9.87. The molecule has 0 aliphatic rings. The monoisotopic (exact) mass is 268 g/mol. The molecule has 0 bridgehead atoms. The Morgan fingerprint density at radius 2 is 1.88 bits per heavy atom. The van der Waals surface area contributed by atoms with Crippen molar-refractivity contribution in [2.24, 2.45) is 0 Å². The van der Waals surface area contributed by atoms with Crippen LogP contribution in [0.3, 0.4) is 0 Å². The smallest absolute Gasteiger partial charge is 0.122 e. The highest BCUT2D eigenvalue weighted by atomic mass is 35.5. The Balaban J connectivity index is 2.69. The minimum absolute atomic E-state index is 0.405. The fourth-order valence-corrected chi connectivity index (χ4v) is 1.43. The number of halogens is 2. The number of ether oxygens (including phenoxy) is 1. The summed E-state index contributed by atoms with van der Waals surface area (Å²) in [6.07, 6.45) is 3.34. The van der Waals surface area contributed by atoms with Crippen molar-refractivity contribution >= 4 is 23.2 Å². The normalized spacial score (nSPS) is 12.4. The first-order valence-corrected chi connectivity index (χ1v) is 5.90. The highest BCUT2D eigenvalue weighted by Crippen LogP contribution is 2.14. The van der Waals surface area contributed by atoms with Gasteiger partial charge in [-0.2, -0.15) is 0 Å². The Morgan fingerprint density at radius 1 is 1.24 bits per heavy atom. The van der Waals surface area contributed by atoms with Crippen molar-refractivity contribution in [1.29, 1.82) is 0 Å². The van der Waals surface area contributed by atoms with Gasteiger partial charge in [0.25, 0.3) is 0 Å². The van der Waals surface area contributed by atoms with Gasteiger partial charge in [0.2, 0.25) is 0 Å². The summed E-state index contributed by atoms with van der Waals surface area (Å²) >= 11 is 11.5. The van der Waals surface area contributed by atoms with Gasteiger partial charge in [0.05, 0.1) is 0 Å². The molecule has 1 nitrogen and oxygen atoms in total. The quantitative estimate of drug-likeness (QED) is 0.541. The molecule has 0 spiro atoms. The number of hydrogen-bond donors (Lipinski definition) is 0. The maximum atomic E-state index is 5.81. The van der Waals surface area contributed by atoms with Gasteiger partial charge in [0.1, 0.15) is 12.4 Å². The van der Waals surface area contributed by atoms with Crippen LogP contribution in [0.1, 0.15) is 12.5 Å². The van der Waals surface area contributed by atoms with Crippen LogP contribution >= 0.6 is 23.2 Å². The van der Waals surface area contributed by atoms with Crippen LogP contribution in [0, 0.1) is 0 Å². The molecule has 0 radical (unpaired) electrons. The van der Waals surface area contributed by atoms with E-state index in [1.54, 1.807) is 19.1 Å². The summed E-state index contributed by atoms with van der Waals surface area (Å²) in [6.45, 7) is 5.84. The van der Waals surface area contributed by atoms with Gasteiger partial charge in [-0.25, -0.2) is 0 Å². The highest BCUT2D eigenvalue weighted by Gasteiger charge is 1.98. The number of rotatable bonds is 5. The Hall–Kier alpha value is -1.18. The summed E-state index contributed by atoms with van der Waals surface area (Å²) in [5.74, 6) is 0.598. The molecule has 1 rings (SSSR count). The second kappa shape index (κ2) is 7.21. The minimum atomic E-state index is 0.405. The van der Waals surface area contributed by atoms with E-state index in [1.165, 1.54) is 0 Å². The van der Waals surface area contributed by atoms with E-state index in [9.17, 15) is 0 Å². The van der Waals surface area contributed by atoms with Gasteiger partial charge in [0, 0.05) is 10.1 Å². The maximum Gasteiger partial charge on any atom is 0.122 e. The lowest BCUT2D eigenvalue weighted by molar-refractivity contribution is 0.211. The molecule has 0 atom stereocenters. The van der Waals surface area contributed by atoms with Crippen molar-refractivity contribution in [3.63, 3.8) is 0 Å². The van der Waals surface area contributed by atoms with E-state index >= 15 is 0 Å². The van der Waals surface area contributed by atoms with Gasteiger partial charge in [-0.15, -0.1) is 0 Å². The number of allylic oxidation sites excluding steroid dienone is 4. The van der Waals surface area contributed by atoms with Crippen LogP contribution in [0.2, 0.25) is 0 Å². The summed E-state index contributed by atoms with van der Waals surface area (Å²) in [4.78, 5) is 0. The van der Waals surface area contributed by atoms with Gasteiger partial charge in [-0.3, -0.25) is 0 Å². The molecule has 0 amide bonds. The maximum absolute atomic E-state index is 5.81. The third-order valence-electron chi connectivity index (χ3n) is 1.89. The second-order valence-corrected chi connectivity index (χ2v) is 4.58.